The average molecular weight is 257 g/mol. The zero-order chi connectivity index (χ0) is 12.4. The SMILES string of the molecule is CC1CCN(c2ncnc(Cl)c2[N+](=O)[O-])CC1. The number of nitro groups is 1. The van der Waals surface area contributed by atoms with Crippen LogP contribution in [0.15, 0.2) is 6.33 Å². The van der Waals surface area contributed by atoms with Crippen LogP contribution >= 0.6 is 11.6 Å². The summed E-state index contributed by atoms with van der Waals surface area (Å²) in [4.78, 5) is 20.0. The molecule has 1 aromatic rings. The lowest BCUT2D eigenvalue weighted by Gasteiger charge is -2.30. The number of piperidine rings is 1. The summed E-state index contributed by atoms with van der Waals surface area (Å²) in [6.45, 7) is 3.73. The Bertz CT molecular complexity index is 432. The minimum atomic E-state index is -0.518. The molecule has 17 heavy (non-hydrogen) atoms. The molecule has 1 aromatic heterocycles. The lowest BCUT2D eigenvalue weighted by atomic mass is 9.99. The highest BCUT2D eigenvalue weighted by molar-refractivity contribution is 6.31. The Balaban J connectivity index is 2.32. The molecule has 0 amide bonds. The van der Waals surface area contributed by atoms with Gasteiger partial charge in [-0.2, -0.15) is 0 Å². The van der Waals surface area contributed by atoms with E-state index >= 15 is 0 Å². The number of aromatic nitrogens is 2. The van der Waals surface area contributed by atoms with Gasteiger partial charge in [-0.05, 0) is 18.8 Å². The van der Waals surface area contributed by atoms with Crippen LogP contribution in [0.1, 0.15) is 19.8 Å². The van der Waals surface area contributed by atoms with Crippen molar-refractivity contribution in [3.05, 3.63) is 21.6 Å². The minimum Gasteiger partial charge on any atom is -0.351 e. The van der Waals surface area contributed by atoms with Crippen molar-refractivity contribution in [1.29, 1.82) is 0 Å². The topological polar surface area (TPSA) is 72.2 Å². The first-order valence-electron chi connectivity index (χ1n) is 5.49. The van der Waals surface area contributed by atoms with E-state index in [1.165, 1.54) is 6.33 Å². The zero-order valence-electron chi connectivity index (χ0n) is 9.47. The van der Waals surface area contributed by atoms with Gasteiger partial charge in [-0.25, -0.2) is 9.97 Å². The van der Waals surface area contributed by atoms with E-state index in [4.69, 9.17) is 11.6 Å². The predicted molar refractivity (Wildman–Crippen MR) is 64.3 cm³/mol. The second-order valence-electron chi connectivity index (χ2n) is 4.26. The highest BCUT2D eigenvalue weighted by atomic mass is 35.5. The van der Waals surface area contributed by atoms with Crippen LogP contribution in [0.2, 0.25) is 5.15 Å². The van der Waals surface area contributed by atoms with Gasteiger partial charge in [0.05, 0.1) is 4.92 Å². The molecule has 92 valence electrons. The van der Waals surface area contributed by atoms with Gasteiger partial charge in [0.25, 0.3) is 0 Å². The number of rotatable bonds is 2. The monoisotopic (exact) mass is 256 g/mol. The number of hydrogen-bond acceptors (Lipinski definition) is 5. The fourth-order valence-electron chi connectivity index (χ4n) is 1.96. The molecule has 1 aliphatic rings. The van der Waals surface area contributed by atoms with Crippen molar-refractivity contribution < 1.29 is 4.92 Å². The molecule has 1 aliphatic heterocycles. The van der Waals surface area contributed by atoms with Gasteiger partial charge in [0.1, 0.15) is 6.33 Å². The van der Waals surface area contributed by atoms with E-state index in [0.29, 0.717) is 11.7 Å². The van der Waals surface area contributed by atoms with Crippen molar-refractivity contribution in [2.24, 2.45) is 5.92 Å². The first-order valence-corrected chi connectivity index (χ1v) is 5.87. The van der Waals surface area contributed by atoms with Crippen LogP contribution in [0, 0.1) is 16.0 Å². The fraction of sp³-hybridized carbons (Fsp3) is 0.600. The standard InChI is InChI=1S/C10H13ClN4O2/c1-7-2-4-14(5-3-7)10-8(15(16)17)9(11)12-6-13-10/h6-7H,2-5H2,1H3. The molecule has 0 bridgehead atoms. The number of hydrogen-bond donors (Lipinski definition) is 0. The third-order valence-corrected chi connectivity index (χ3v) is 3.30. The van der Waals surface area contributed by atoms with Gasteiger partial charge in [0.15, 0.2) is 0 Å². The molecule has 1 fully saturated rings. The van der Waals surface area contributed by atoms with E-state index in [2.05, 4.69) is 16.9 Å². The van der Waals surface area contributed by atoms with Gasteiger partial charge in [-0.1, -0.05) is 18.5 Å². The Morgan fingerprint density at radius 1 is 1.47 bits per heavy atom. The highest BCUT2D eigenvalue weighted by Gasteiger charge is 2.27. The molecule has 0 atom stereocenters. The molecule has 0 aromatic carbocycles. The molecule has 2 heterocycles. The average Bonchev–Trinajstić information content (AvgIpc) is 2.29. The summed E-state index contributed by atoms with van der Waals surface area (Å²) in [5, 5.41) is 10.9. The summed E-state index contributed by atoms with van der Waals surface area (Å²) in [5.41, 5.74) is -0.191. The number of halogens is 1. The largest absolute Gasteiger partial charge is 0.351 e. The van der Waals surface area contributed by atoms with Crippen molar-refractivity contribution >= 4 is 23.1 Å². The van der Waals surface area contributed by atoms with E-state index < -0.39 is 4.92 Å². The molecule has 0 unspecified atom stereocenters. The molecule has 0 radical (unpaired) electrons. The Morgan fingerprint density at radius 3 is 2.71 bits per heavy atom. The molecule has 2 rings (SSSR count). The van der Waals surface area contributed by atoms with E-state index in [1.807, 2.05) is 4.90 Å². The zero-order valence-corrected chi connectivity index (χ0v) is 10.2. The van der Waals surface area contributed by atoms with Crippen molar-refractivity contribution in [2.75, 3.05) is 18.0 Å². The maximum absolute atomic E-state index is 11.0. The predicted octanol–water partition coefficient (Wildman–Crippen LogP) is 2.27. The highest BCUT2D eigenvalue weighted by Crippen LogP contribution is 2.33. The van der Waals surface area contributed by atoms with Crippen LogP contribution in [-0.4, -0.2) is 28.0 Å². The summed E-state index contributed by atoms with van der Waals surface area (Å²) in [6, 6.07) is 0. The van der Waals surface area contributed by atoms with Crippen molar-refractivity contribution in [2.45, 2.75) is 19.8 Å². The third kappa shape index (κ3) is 2.46. The molecular formula is C10H13ClN4O2. The van der Waals surface area contributed by atoms with E-state index in [1.54, 1.807) is 0 Å². The van der Waals surface area contributed by atoms with E-state index in [-0.39, 0.29) is 10.8 Å². The molecule has 7 heteroatoms. The summed E-state index contributed by atoms with van der Waals surface area (Å²) < 4.78 is 0. The van der Waals surface area contributed by atoms with Gasteiger partial charge in [-0.3, -0.25) is 10.1 Å². The number of nitrogens with zero attached hydrogens (tertiary/aromatic N) is 4. The van der Waals surface area contributed by atoms with E-state index in [0.717, 1.165) is 25.9 Å². The van der Waals surface area contributed by atoms with Crippen molar-refractivity contribution in [1.82, 2.24) is 9.97 Å². The van der Waals surface area contributed by atoms with Crippen molar-refractivity contribution in [3.8, 4) is 0 Å². The third-order valence-electron chi connectivity index (χ3n) is 3.02. The molecule has 0 aliphatic carbocycles. The molecule has 0 N–H and O–H groups in total. The molecule has 6 nitrogen and oxygen atoms in total. The maximum atomic E-state index is 11.0. The van der Waals surface area contributed by atoms with Gasteiger partial charge in [0, 0.05) is 13.1 Å². The van der Waals surface area contributed by atoms with Gasteiger partial charge >= 0.3 is 5.69 Å². The molecule has 0 saturated carbocycles. The first kappa shape index (κ1) is 12.0. The van der Waals surface area contributed by atoms with Crippen molar-refractivity contribution in [3.63, 3.8) is 0 Å². The minimum absolute atomic E-state index is 0.0985. The maximum Gasteiger partial charge on any atom is 0.348 e. The molecule has 1 saturated heterocycles. The molecular weight excluding hydrogens is 244 g/mol. The summed E-state index contributed by atoms with van der Waals surface area (Å²) >= 11 is 5.75. The summed E-state index contributed by atoms with van der Waals surface area (Å²) in [6.07, 6.45) is 3.29. The van der Waals surface area contributed by atoms with Gasteiger partial charge in [0.2, 0.25) is 11.0 Å². The lowest BCUT2D eigenvalue weighted by molar-refractivity contribution is -0.384. The van der Waals surface area contributed by atoms with Crippen LogP contribution in [0.5, 0.6) is 0 Å². The quantitative estimate of drug-likeness (QED) is 0.461. The fourth-order valence-corrected chi connectivity index (χ4v) is 2.15. The summed E-state index contributed by atoms with van der Waals surface area (Å²) in [7, 11) is 0. The van der Waals surface area contributed by atoms with Gasteiger partial charge in [-0.15, -0.1) is 0 Å². The Hall–Kier alpha value is -1.43. The smallest absolute Gasteiger partial charge is 0.348 e. The Morgan fingerprint density at radius 2 is 2.12 bits per heavy atom. The second-order valence-corrected chi connectivity index (χ2v) is 4.62. The first-order chi connectivity index (χ1) is 8.09. The van der Waals surface area contributed by atoms with Crippen LogP contribution in [-0.2, 0) is 0 Å². The lowest BCUT2D eigenvalue weighted by Crippen LogP contribution is -2.34. The van der Waals surface area contributed by atoms with E-state index in [9.17, 15) is 10.1 Å². The van der Waals surface area contributed by atoms with Crippen LogP contribution in [0.3, 0.4) is 0 Å². The van der Waals surface area contributed by atoms with Crippen LogP contribution in [0.25, 0.3) is 0 Å². The summed E-state index contributed by atoms with van der Waals surface area (Å²) in [5.74, 6) is 0.990. The van der Waals surface area contributed by atoms with Gasteiger partial charge < -0.3 is 4.90 Å². The second kappa shape index (κ2) is 4.83. The molecule has 0 spiro atoms. The Kier molecular flexibility index (Phi) is 3.42. The van der Waals surface area contributed by atoms with Crippen LogP contribution in [0.4, 0.5) is 11.5 Å². The number of anilines is 1. The van der Waals surface area contributed by atoms with Crippen LogP contribution < -0.4 is 4.90 Å². The normalized spacial score (nSPS) is 17.2. The Labute approximate surface area is 104 Å².